The van der Waals surface area contributed by atoms with Crippen molar-refractivity contribution >= 4 is 51.6 Å². The second-order valence-corrected chi connectivity index (χ2v) is 7.08. The number of nitrogens with one attached hydrogen (secondary N) is 1. The quantitative estimate of drug-likeness (QED) is 0.640. The molecular weight excluding hydrogens is 399 g/mol. The highest BCUT2D eigenvalue weighted by atomic mass is 32.2. The number of anilines is 1. The van der Waals surface area contributed by atoms with Gasteiger partial charge in [0.05, 0.1) is 10.6 Å². The molecule has 0 aliphatic carbocycles. The molecule has 0 unspecified atom stereocenters. The third-order valence-electron chi connectivity index (χ3n) is 4.19. The molecule has 2 heterocycles. The fourth-order valence-corrected chi connectivity index (χ4v) is 3.62. The average molecular weight is 412 g/mol. The summed E-state index contributed by atoms with van der Waals surface area (Å²) in [6.45, 7) is -0.0991. The van der Waals surface area contributed by atoms with Crippen molar-refractivity contribution in [2.45, 2.75) is 6.42 Å². The molecule has 0 saturated carbocycles. The van der Waals surface area contributed by atoms with Gasteiger partial charge in [-0.3, -0.25) is 19.3 Å². The van der Waals surface area contributed by atoms with Crippen molar-refractivity contribution in [3.05, 3.63) is 58.8 Å². The molecule has 0 spiro atoms. The van der Waals surface area contributed by atoms with Crippen LogP contribution in [-0.4, -0.2) is 38.8 Å². The van der Waals surface area contributed by atoms with Crippen molar-refractivity contribution in [1.29, 1.82) is 0 Å². The molecule has 0 atom stereocenters. The number of hydrogen-bond acceptors (Lipinski definition) is 7. The minimum atomic E-state index is -0.557. The molecule has 1 N–H and O–H groups in total. The Morgan fingerprint density at radius 2 is 2.00 bits per heavy atom. The smallest absolute Gasteiger partial charge is 0.293 e. The summed E-state index contributed by atoms with van der Waals surface area (Å²) in [5, 5.41) is 9.58. The van der Waals surface area contributed by atoms with Gasteiger partial charge in [-0.05, 0) is 46.4 Å². The normalized spacial score (nSPS) is 15.5. The zero-order valence-corrected chi connectivity index (χ0v) is 15.6. The van der Waals surface area contributed by atoms with E-state index in [0.717, 1.165) is 4.90 Å². The highest BCUT2D eigenvalue weighted by molar-refractivity contribution is 8.18. The van der Waals surface area contributed by atoms with Gasteiger partial charge in [0.15, 0.2) is 5.52 Å². The monoisotopic (exact) mass is 412 g/mol. The van der Waals surface area contributed by atoms with Crippen molar-refractivity contribution in [3.8, 4) is 0 Å². The molecule has 1 aliphatic heterocycles. The first-order chi connectivity index (χ1) is 14.0. The van der Waals surface area contributed by atoms with Crippen LogP contribution in [0.4, 0.5) is 14.9 Å². The Morgan fingerprint density at radius 1 is 1.17 bits per heavy atom. The van der Waals surface area contributed by atoms with E-state index in [1.54, 1.807) is 24.3 Å². The summed E-state index contributed by atoms with van der Waals surface area (Å²) >= 11 is 0.714. The molecule has 1 saturated heterocycles. The molecule has 4 rings (SSSR count). The Balaban J connectivity index is 1.41. The lowest BCUT2D eigenvalue weighted by Crippen LogP contribution is -2.31. The number of imide groups is 1. The number of benzene rings is 2. The lowest BCUT2D eigenvalue weighted by atomic mass is 10.2. The van der Waals surface area contributed by atoms with E-state index in [2.05, 4.69) is 20.3 Å². The first kappa shape index (κ1) is 18.8. The number of carbonyl (C=O) groups is 3. The Kier molecular flexibility index (Phi) is 5.09. The van der Waals surface area contributed by atoms with Gasteiger partial charge in [-0.2, -0.15) is 0 Å². The van der Waals surface area contributed by atoms with Gasteiger partial charge < -0.3 is 5.32 Å². The van der Waals surface area contributed by atoms with Gasteiger partial charge in [0.2, 0.25) is 5.91 Å². The number of hydrogen-bond donors (Lipinski definition) is 1. The molecule has 3 aromatic rings. The van der Waals surface area contributed by atoms with Gasteiger partial charge in [-0.15, -0.1) is 0 Å². The van der Waals surface area contributed by atoms with Gasteiger partial charge in [0.25, 0.3) is 11.1 Å². The van der Waals surface area contributed by atoms with E-state index in [1.165, 1.54) is 24.3 Å². The summed E-state index contributed by atoms with van der Waals surface area (Å²) < 4.78 is 18.4. The first-order valence-corrected chi connectivity index (χ1v) is 9.35. The van der Waals surface area contributed by atoms with Crippen molar-refractivity contribution < 1.29 is 23.4 Å². The van der Waals surface area contributed by atoms with Crippen LogP contribution in [0.2, 0.25) is 0 Å². The number of carbonyl (C=O) groups excluding carboxylic acids is 3. The predicted octanol–water partition coefficient (Wildman–Crippen LogP) is 3.43. The summed E-state index contributed by atoms with van der Waals surface area (Å²) in [5.74, 6) is -1.45. The molecule has 29 heavy (non-hydrogen) atoms. The van der Waals surface area contributed by atoms with Crippen LogP contribution < -0.4 is 5.32 Å². The fourth-order valence-electron chi connectivity index (χ4n) is 2.76. The number of halogens is 1. The molecule has 1 aliphatic rings. The van der Waals surface area contributed by atoms with E-state index in [1.807, 2.05) is 0 Å². The lowest BCUT2D eigenvalue weighted by Gasteiger charge is -2.12. The molecule has 10 heteroatoms. The maximum absolute atomic E-state index is 13.8. The SMILES string of the molecule is O=C(CCN1C(=O)SC(=Cc2ccccc2F)C1=O)Nc1cccc2nonc12. The zero-order chi connectivity index (χ0) is 20.4. The van der Waals surface area contributed by atoms with Gasteiger partial charge in [-0.1, -0.05) is 24.3 Å². The predicted molar refractivity (Wildman–Crippen MR) is 104 cm³/mol. The van der Waals surface area contributed by atoms with E-state index in [4.69, 9.17) is 0 Å². The van der Waals surface area contributed by atoms with Gasteiger partial charge in [0, 0.05) is 18.5 Å². The van der Waals surface area contributed by atoms with Gasteiger partial charge in [-0.25, -0.2) is 9.02 Å². The minimum absolute atomic E-state index is 0.0991. The summed E-state index contributed by atoms with van der Waals surface area (Å²) in [4.78, 5) is 38.0. The van der Waals surface area contributed by atoms with Crippen LogP contribution in [0.25, 0.3) is 17.1 Å². The molecule has 146 valence electrons. The van der Waals surface area contributed by atoms with Crippen molar-refractivity contribution in [2.75, 3.05) is 11.9 Å². The van der Waals surface area contributed by atoms with E-state index in [0.29, 0.717) is 28.5 Å². The van der Waals surface area contributed by atoms with Gasteiger partial charge in [0.1, 0.15) is 11.3 Å². The molecule has 8 nitrogen and oxygen atoms in total. The van der Waals surface area contributed by atoms with Crippen LogP contribution in [0, 0.1) is 5.82 Å². The van der Waals surface area contributed by atoms with Crippen molar-refractivity contribution in [1.82, 2.24) is 15.2 Å². The van der Waals surface area contributed by atoms with E-state index in [9.17, 15) is 18.8 Å². The van der Waals surface area contributed by atoms with Crippen molar-refractivity contribution in [3.63, 3.8) is 0 Å². The summed E-state index contributed by atoms with van der Waals surface area (Å²) in [6, 6.07) is 11.0. The molecule has 1 aromatic heterocycles. The number of aromatic nitrogens is 2. The highest BCUT2D eigenvalue weighted by Crippen LogP contribution is 2.32. The fraction of sp³-hybridized carbons (Fsp3) is 0.105. The number of rotatable bonds is 5. The summed E-state index contributed by atoms with van der Waals surface area (Å²) in [5.41, 5.74) is 1.53. The molecule has 2 aromatic carbocycles. The highest BCUT2D eigenvalue weighted by Gasteiger charge is 2.35. The number of amides is 3. The third kappa shape index (κ3) is 3.87. The number of thioether (sulfide) groups is 1. The standard InChI is InChI=1S/C19H13FN4O4S/c20-12-5-2-1-4-11(12)10-15-18(26)24(19(27)29-15)9-8-16(25)21-13-6-3-7-14-17(13)23-28-22-14/h1-7,10H,8-9H2,(H,21,25). The Hall–Kier alpha value is -3.53. The largest absolute Gasteiger partial charge is 0.324 e. The van der Waals surface area contributed by atoms with Crippen LogP contribution in [0.3, 0.4) is 0 Å². The van der Waals surface area contributed by atoms with Gasteiger partial charge >= 0.3 is 0 Å². The molecule has 0 bridgehead atoms. The third-order valence-corrected chi connectivity index (χ3v) is 5.10. The molecule has 1 fully saturated rings. The first-order valence-electron chi connectivity index (χ1n) is 8.54. The van der Waals surface area contributed by atoms with Crippen LogP contribution in [0.1, 0.15) is 12.0 Å². The second kappa shape index (κ2) is 7.84. The average Bonchev–Trinajstić information content (AvgIpc) is 3.28. The second-order valence-electron chi connectivity index (χ2n) is 6.09. The Morgan fingerprint density at radius 3 is 2.83 bits per heavy atom. The Labute approximate surface area is 167 Å². The summed E-state index contributed by atoms with van der Waals surface area (Å²) in [6.07, 6.45) is 1.23. The van der Waals surface area contributed by atoms with Crippen LogP contribution in [-0.2, 0) is 9.59 Å². The van der Waals surface area contributed by atoms with Crippen LogP contribution in [0.15, 0.2) is 52.0 Å². The van der Waals surface area contributed by atoms with Crippen molar-refractivity contribution in [2.24, 2.45) is 0 Å². The maximum Gasteiger partial charge on any atom is 0.293 e. The maximum atomic E-state index is 13.8. The number of fused-ring (bicyclic) bond motifs is 1. The van der Waals surface area contributed by atoms with E-state index >= 15 is 0 Å². The molecule has 0 radical (unpaired) electrons. The minimum Gasteiger partial charge on any atom is -0.324 e. The molecular formula is C19H13FN4O4S. The van der Waals surface area contributed by atoms with E-state index < -0.39 is 22.9 Å². The van der Waals surface area contributed by atoms with Crippen LogP contribution >= 0.6 is 11.8 Å². The Bertz CT molecular complexity index is 1160. The zero-order valence-electron chi connectivity index (χ0n) is 14.8. The topological polar surface area (TPSA) is 105 Å². The summed E-state index contributed by atoms with van der Waals surface area (Å²) in [7, 11) is 0. The number of nitrogens with zero attached hydrogens (tertiary/aromatic N) is 3. The van der Waals surface area contributed by atoms with Crippen LogP contribution in [0.5, 0.6) is 0 Å². The lowest BCUT2D eigenvalue weighted by molar-refractivity contribution is -0.123. The van der Waals surface area contributed by atoms with E-state index in [-0.39, 0.29) is 23.4 Å². The molecule has 3 amide bonds.